The topological polar surface area (TPSA) is 38.2 Å². The average Bonchev–Trinajstić information content (AvgIpc) is 2.64. The van der Waals surface area contributed by atoms with Gasteiger partial charge in [-0.2, -0.15) is 0 Å². The predicted octanol–water partition coefficient (Wildman–Crippen LogP) is 3.70. The zero-order chi connectivity index (χ0) is 13.2. The summed E-state index contributed by atoms with van der Waals surface area (Å²) in [5.41, 5.74) is 1.71. The molecule has 0 radical (unpaired) electrons. The van der Waals surface area contributed by atoms with Gasteiger partial charge < -0.3 is 9.64 Å². The number of benzene rings is 1. The fourth-order valence-corrected chi connectivity index (χ4v) is 2.45. The van der Waals surface area contributed by atoms with E-state index in [0.717, 1.165) is 30.1 Å². The van der Waals surface area contributed by atoms with Crippen molar-refractivity contribution in [3.8, 4) is 5.75 Å². The van der Waals surface area contributed by atoms with Gasteiger partial charge in [0.05, 0.1) is 18.0 Å². The summed E-state index contributed by atoms with van der Waals surface area (Å²) >= 11 is 12.0. The normalized spacial score (nSPS) is 14.5. The number of aromatic nitrogens is 2. The third-order valence-corrected chi connectivity index (χ3v) is 3.38. The van der Waals surface area contributed by atoms with Crippen LogP contribution < -0.4 is 9.64 Å². The van der Waals surface area contributed by atoms with Crippen LogP contribution in [-0.4, -0.2) is 23.3 Å². The van der Waals surface area contributed by atoms with Crippen molar-refractivity contribution in [2.45, 2.75) is 6.42 Å². The second-order valence-corrected chi connectivity index (χ2v) is 4.91. The van der Waals surface area contributed by atoms with E-state index in [4.69, 9.17) is 27.9 Å². The number of rotatable bonds is 1. The first-order valence-electron chi connectivity index (χ1n) is 5.94. The lowest BCUT2D eigenvalue weighted by molar-refractivity contribution is 0.322. The number of anilines is 2. The minimum atomic E-state index is 0.321. The van der Waals surface area contributed by atoms with Crippen LogP contribution in [0.25, 0.3) is 0 Å². The molecule has 98 valence electrons. The van der Waals surface area contributed by atoms with E-state index in [9.17, 15) is 0 Å². The van der Waals surface area contributed by atoms with E-state index in [1.807, 2.05) is 24.3 Å². The summed E-state index contributed by atoms with van der Waals surface area (Å²) in [4.78, 5) is 2.06. The molecule has 2 heterocycles. The molecule has 3 rings (SSSR count). The van der Waals surface area contributed by atoms with Crippen LogP contribution in [0.4, 0.5) is 11.4 Å². The standard InChI is InChI=1S/C13H11Cl2N3O/c14-12-8-10(13(15)17-16-12)18-6-3-7-19-11-5-2-1-4-9(11)18/h1-2,4-5,8H,3,6-7H2. The molecule has 1 aliphatic rings. The number of fused-ring (bicyclic) bond motifs is 1. The average molecular weight is 296 g/mol. The third kappa shape index (κ3) is 2.46. The van der Waals surface area contributed by atoms with E-state index in [1.165, 1.54) is 0 Å². The number of ether oxygens (including phenoxy) is 1. The van der Waals surface area contributed by atoms with Crippen molar-refractivity contribution in [1.29, 1.82) is 0 Å². The lowest BCUT2D eigenvalue weighted by atomic mass is 10.2. The van der Waals surface area contributed by atoms with Crippen LogP contribution in [0.3, 0.4) is 0 Å². The molecule has 0 unspecified atom stereocenters. The molecule has 4 nitrogen and oxygen atoms in total. The number of halogens is 2. The summed E-state index contributed by atoms with van der Waals surface area (Å²) in [5, 5.41) is 8.25. The Bertz CT molecular complexity index is 606. The molecule has 0 saturated heterocycles. The molecule has 0 N–H and O–H groups in total. The minimum absolute atomic E-state index is 0.321. The Balaban J connectivity index is 2.11. The smallest absolute Gasteiger partial charge is 0.175 e. The minimum Gasteiger partial charge on any atom is -0.491 e. The quantitative estimate of drug-likeness (QED) is 0.804. The molecule has 19 heavy (non-hydrogen) atoms. The van der Waals surface area contributed by atoms with Gasteiger partial charge >= 0.3 is 0 Å². The molecule has 0 amide bonds. The Kier molecular flexibility index (Phi) is 3.44. The van der Waals surface area contributed by atoms with Crippen molar-refractivity contribution >= 4 is 34.6 Å². The molecule has 0 saturated carbocycles. The first-order valence-corrected chi connectivity index (χ1v) is 6.69. The van der Waals surface area contributed by atoms with Gasteiger partial charge in [0.25, 0.3) is 0 Å². The van der Waals surface area contributed by atoms with Crippen molar-refractivity contribution in [3.63, 3.8) is 0 Å². The van der Waals surface area contributed by atoms with Gasteiger partial charge in [-0.25, -0.2) is 0 Å². The predicted molar refractivity (Wildman–Crippen MR) is 75.6 cm³/mol. The van der Waals surface area contributed by atoms with Crippen LogP contribution in [0.1, 0.15) is 6.42 Å². The maximum Gasteiger partial charge on any atom is 0.175 e. The zero-order valence-corrected chi connectivity index (χ0v) is 11.5. The molecule has 1 aromatic heterocycles. The SMILES string of the molecule is Clc1cc(N2CCCOc3ccccc32)c(Cl)nn1. The molecule has 1 aromatic carbocycles. The highest BCUT2D eigenvalue weighted by Gasteiger charge is 2.20. The van der Waals surface area contributed by atoms with Gasteiger partial charge in [-0.3, -0.25) is 0 Å². The highest BCUT2D eigenvalue weighted by molar-refractivity contribution is 6.33. The van der Waals surface area contributed by atoms with Crippen LogP contribution in [0.5, 0.6) is 5.75 Å². The summed E-state index contributed by atoms with van der Waals surface area (Å²) in [6, 6.07) is 9.56. The van der Waals surface area contributed by atoms with E-state index in [-0.39, 0.29) is 0 Å². The van der Waals surface area contributed by atoms with Crippen molar-refractivity contribution in [2.75, 3.05) is 18.1 Å². The molecule has 1 aliphatic heterocycles. The molecular formula is C13H11Cl2N3O. The van der Waals surface area contributed by atoms with Crippen LogP contribution in [0, 0.1) is 0 Å². The molecule has 6 heteroatoms. The highest BCUT2D eigenvalue weighted by Crippen LogP contribution is 2.38. The molecule has 0 atom stereocenters. The summed E-state index contributed by atoms with van der Waals surface area (Å²) in [7, 11) is 0. The van der Waals surface area contributed by atoms with Gasteiger partial charge in [-0.05, 0) is 18.6 Å². The Morgan fingerprint density at radius 2 is 1.95 bits per heavy atom. The van der Waals surface area contributed by atoms with E-state index in [0.29, 0.717) is 16.9 Å². The van der Waals surface area contributed by atoms with Crippen LogP contribution in [-0.2, 0) is 0 Å². The molecule has 2 aromatic rings. The molecule has 0 fully saturated rings. The molecule has 0 spiro atoms. The lowest BCUT2D eigenvalue weighted by Gasteiger charge is -2.24. The monoisotopic (exact) mass is 295 g/mol. The van der Waals surface area contributed by atoms with Crippen LogP contribution in [0.15, 0.2) is 30.3 Å². The van der Waals surface area contributed by atoms with E-state index in [1.54, 1.807) is 6.07 Å². The Morgan fingerprint density at radius 1 is 1.11 bits per heavy atom. The summed E-state index contributed by atoms with van der Waals surface area (Å²) in [6.45, 7) is 1.47. The Labute approximate surface area is 120 Å². The molecule has 0 aliphatic carbocycles. The van der Waals surface area contributed by atoms with Gasteiger partial charge in [0.15, 0.2) is 10.3 Å². The summed E-state index contributed by atoms with van der Waals surface area (Å²) in [6.07, 6.45) is 0.894. The van der Waals surface area contributed by atoms with Crippen molar-refractivity contribution in [3.05, 3.63) is 40.6 Å². The van der Waals surface area contributed by atoms with Crippen molar-refractivity contribution in [1.82, 2.24) is 10.2 Å². The first kappa shape index (κ1) is 12.5. The van der Waals surface area contributed by atoms with Gasteiger partial charge in [0, 0.05) is 12.6 Å². The fourth-order valence-electron chi connectivity index (χ4n) is 2.11. The number of hydrogen-bond acceptors (Lipinski definition) is 4. The Morgan fingerprint density at radius 3 is 2.84 bits per heavy atom. The molecule has 0 bridgehead atoms. The van der Waals surface area contributed by atoms with Gasteiger partial charge in [0.2, 0.25) is 0 Å². The largest absolute Gasteiger partial charge is 0.491 e. The van der Waals surface area contributed by atoms with Gasteiger partial charge in [0.1, 0.15) is 5.75 Å². The highest BCUT2D eigenvalue weighted by atomic mass is 35.5. The lowest BCUT2D eigenvalue weighted by Crippen LogP contribution is -2.18. The van der Waals surface area contributed by atoms with Crippen LogP contribution in [0.2, 0.25) is 10.3 Å². The van der Waals surface area contributed by atoms with E-state index < -0.39 is 0 Å². The van der Waals surface area contributed by atoms with Crippen LogP contribution >= 0.6 is 23.2 Å². The first-order chi connectivity index (χ1) is 9.25. The number of nitrogens with zero attached hydrogens (tertiary/aromatic N) is 3. The fraction of sp³-hybridized carbons (Fsp3) is 0.231. The second-order valence-electron chi connectivity index (χ2n) is 4.16. The Hall–Kier alpha value is -1.52. The van der Waals surface area contributed by atoms with Gasteiger partial charge in [-0.15, -0.1) is 10.2 Å². The molecular weight excluding hydrogens is 285 g/mol. The maximum atomic E-state index is 6.13. The second kappa shape index (κ2) is 5.23. The zero-order valence-electron chi connectivity index (χ0n) is 10.0. The van der Waals surface area contributed by atoms with E-state index >= 15 is 0 Å². The van der Waals surface area contributed by atoms with Crippen molar-refractivity contribution < 1.29 is 4.74 Å². The van der Waals surface area contributed by atoms with E-state index in [2.05, 4.69) is 15.1 Å². The maximum absolute atomic E-state index is 6.13. The summed E-state index contributed by atoms with van der Waals surface area (Å²) in [5.74, 6) is 0.837. The van der Waals surface area contributed by atoms with Gasteiger partial charge in [-0.1, -0.05) is 35.3 Å². The summed E-state index contributed by atoms with van der Waals surface area (Å²) < 4.78 is 5.72. The number of hydrogen-bond donors (Lipinski definition) is 0. The third-order valence-electron chi connectivity index (χ3n) is 2.93. The number of para-hydroxylation sites is 2. The van der Waals surface area contributed by atoms with Crippen molar-refractivity contribution in [2.24, 2.45) is 0 Å².